The molecule has 0 spiro atoms. The number of ether oxygens (including phenoxy) is 2. The zero-order valence-corrected chi connectivity index (χ0v) is 31.7. The molecule has 2 aromatic carbocycles. The third kappa shape index (κ3) is 13.4. The maximum Gasteiger partial charge on any atom is 0.408 e. The molecule has 4 N–H and O–H groups in total. The van der Waals surface area contributed by atoms with Gasteiger partial charge < -0.3 is 30.7 Å². The third-order valence-electron chi connectivity index (χ3n) is 9.48. The molecule has 0 radical (unpaired) electrons. The van der Waals surface area contributed by atoms with Gasteiger partial charge in [0.2, 0.25) is 17.6 Å². The van der Waals surface area contributed by atoms with Gasteiger partial charge in [0.25, 0.3) is 0 Å². The minimum absolute atomic E-state index is 0.0222. The molecule has 1 saturated carbocycles. The Labute approximate surface area is 311 Å². The van der Waals surface area contributed by atoms with Crippen LogP contribution >= 0.6 is 0 Å². The molecule has 1 fully saturated rings. The molecular weight excluding hydrogens is 686 g/mol. The third-order valence-corrected chi connectivity index (χ3v) is 9.48. The van der Waals surface area contributed by atoms with Gasteiger partial charge in [0.1, 0.15) is 31.3 Å². The van der Waals surface area contributed by atoms with Gasteiger partial charge in [0, 0.05) is 0 Å². The fourth-order valence-corrected chi connectivity index (χ4v) is 6.41. The second-order valence-electron chi connectivity index (χ2n) is 14.9. The number of halogens is 2. The minimum Gasteiger partial charge on any atom is -0.445 e. The van der Waals surface area contributed by atoms with Crippen LogP contribution < -0.4 is 21.3 Å². The fraction of sp³-hybridized carbons (Fsp3) is 0.575. The van der Waals surface area contributed by atoms with E-state index >= 15 is 8.78 Å². The molecule has 2 aromatic rings. The SMILES string of the molecule is CC(C)C(NC(=O)[C@@H](NC(=O)OCc1ccccc1)C(C)C)C(F)(F)C(=O)C(CC1CCCCC1)NC(=O)[C@@H](NC(=O)OCc1ccccc1)C(C)C. The van der Waals surface area contributed by atoms with Crippen molar-refractivity contribution in [2.75, 3.05) is 0 Å². The fourth-order valence-electron chi connectivity index (χ4n) is 6.41. The zero-order chi connectivity index (χ0) is 39.1. The number of alkyl carbamates (subject to hydrolysis) is 2. The van der Waals surface area contributed by atoms with E-state index in [2.05, 4.69) is 21.3 Å². The van der Waals surface area contributed by atoms with E-state index in [1.807, 2.05) is 12.1 Å². The summed E-state index contributed by atoms with van der Waals surface area (Å²) in [5.41, 5.74) is 1.46. The van der Waals surface area contributed by atoms with E-state index < -0.39 is 77.6 Å². The van der Waals surface area contributed by atoms with Crippen molar-refractivity contribution in [2.24, 2.45) is 23.7 Å². The Bertz CT molecular complexity index is 1480. The van der Waals surface area contributed by atoms with Crippen LogP contribution in [0.15, 0.2) is 60.7 Å². The molecule has 0 heterocycles. The van der Waals surface area contributed by atoms with Gasteiger partial charge in [-0.3, -0.25) is 14.4 Å². The van der Waals surface area contributed by atoms with Gasteiger partial charge in [0.05, 0.1) is 6.04 Å². The first-order valence-corrected chi connectivity index (χ1v) is 18.6. The van der Waals surface area contributed by atoms with E-state index in [9.17, 15) is 24.0 Å². The Morgan fingerprint density at radius 2 is 1.08 bits per heavy atom. The van der Waals surface area contributed by atoms with Crippen LogP contribution in [0.4, 0.5) is 18.4 Å². The van der Waals surface area contributed by atoms with Crippen LogP contribution in [0.5, 0.6) is 0 Å². The van der Waals surface area contributed by atoms with Crippen LogP contribution in [-0.4, -0.2) is 59.9 Å². The molecule has 1 aliphatic carbocycles. The molecule has 1 aliphatic rings. The molecular formula is C40H56F2N4O7. The number of amides is 4. The molecule has 53 heavy (non-hydrogen) atoms. The van der Waals surface area contributed by atoms with E-state index in [0.717, 1.165) is 43.2 Å². The summed E-state index contributed by atoms with van der Waals surface area (Å²) in [6.45, 7) is 9.43. The lowest BCUT2D eigenvalue weighted by molar-refractivity contribution is -0.155. The van der Waals surface area contributed by atoms with Crippen LogP contribution in [0.2, 0.25) is 0 Å². The predicted molar refractivity (Wildman–Crippen MR) is 197 cm³/mol. The maximum absolute atomic E-state index is 16.5. The van der Waals surface area contributed by atoms with Gasteiger partial charge in [0.15, 0.2) is 0 Å². The standard InChI is InChI=1S/C40H56F2N4O7/c1-25(2)32(44-38(50)52-23-29-18-12-8-13-19-29)36(48)43-31(22-28-16-10-7-11-17-28)35(47)40(41,42)34(27(5)6)46-37(49)33(26(3)4)45-39(51)53-24-30-20-14-9-15-21-30/h8-9,12-15,18-21,25-28,31-34H,7,10-11,16-17,22-24H2,1-6H3,(H,43,48)(H,44,50)(H,45,51)(H,46,49)/t31?,32-,33-,34?/m0/s1. The van der Waals surface area contributed by atoms with Gasteiger partial charge in [-0.25, -0.2) is 9.59 Å². The summed E-state index contributed by atoms with van der Waals surface area (Å²) in [6.07, 6.45) is 2.38. The molecule has 3 rings (SSSR count). The van der Waals surface area contributed by atoms with Crippen LogP contribution in [0, 0.1) is 23.7 Å². The summed E-state index contributed by atoms with van der Waals surface area (Å²) in [6, 6.07) is 11.8. The van der Waals surface area contributed by atoms with Gasteiger partial charge in [-0.2, -0.15) is 8.78 Å². The smallest absolute Gasteiger partial charge is 0.408 e. The summed E-state index contributed by atoms with van der Waals surface area (Å²) in [5.74, 6) is -9.38. The molecule has 2 unspecified atom stereocenters. The van der Waals surface area contributed by atoms with Crippen molar-refractivity contribution in [1.82, 2.24) is 21.3 Å². The Morgan fingerprint density at radius 3 is 1.49 bits per heavy atom. The molecule has 0 aromatic heterocycles. The van der Waals surface area contributed by atoms with E-state index in [0.29, 0.717) is 0 Å². The number of carbonyl (C=O) groups excluding carboxylic acids is 5. The second-order valence-corrected chi connectivity index (χ2v) is 14.9. The van der Waals surface area contributed by atoms with Crippen LogP contribution in [-0.2, 0) is 37.1 Å². The highest BCUT2D eigenvalue weighted by Gasteiger charge is 2.53. The van der Waals surface area contributed by atoms with E-state index in [4.69, 9.17) is 9.47 Å². The summed E-state index contributed by atoms with van der Waals surface area (Å²) < 4.78 is 43.5. The van der Waals surface area contributed by atoms with Crippen LogP contribution in [0.1, 0.15) is 91.2 Å². The number of carbonyl (C=O) groups is 5. The second kappa shape index (κ2) is 20.6. The average molecular weight is 743 g/mol. The monoisotopic (exact) mass is 742 g/mol. The van der Waals surface area contributed by atoms with Gasteiger partial charge in [-0.15, -0.1) is 0 Å². The number of hydrogen-bond donors (Lipinski definition) is 4. The Balaban J connectivity index is 1.77. The Morgan fingerprint density at radius 1 is 0.642 bits per heavy atom. The number of nitrogens with one attached hydrogen (secondary N) is 4. The number of alkyl halides is 2. The van der Waals surface area contributed by atoms with Crippen molar-refractivity contribution in [1.29, 1.82) is 0 Å². The van der Waals surface area contributed by atoms with Crippen molar-refractivity contribution < 1.29 is 42.2 Å². The Hall–Kier alpha value is -4.55. The molecule has 4 atom stereocenters. The summed E-state index contributed by atoms with van der Waals surface area (Å²) >= 11 is 0. The first-order valence-electron chi connectivity index (χ1n) is 18.6. The average Bonchev–Trinajstić information content (AvgIpc) is 3.13. The van der Waals surface area contributed by atoms with Crippen molar-refractivity contribution >= 4 is 29.8 Å². The molecule has 0 aliphatic heterocycles. The normalized spacial score (nSPS) is 15.9. The van der Waals surface area contributed by atoms with E-state index in [-0.39, 0.29) is 25.6 Å². The highest BCUT2D eigenvalue weighted by molar-refractivity contribution is 5.97. The summed E-state index contributed by atoms with van der Waals surface area (Å²) in [5, 5.41) is 9.88. The number of rotatable bonds is 18. The van der Waals surface area contributed by atoms with Gasteiger partial charge >= 0.3 is 18.1 Å². The van der Waals surface area contributed by atoms with Crippen molar-refractivity contribution in [3.63, 3.8) is 0 Å². The van der Waals surface area contributed by atoms with E-state index in [1.165, 1.54) is 13.8 Å². The molecule has 0 saturated heterocycles. The van der Waals surface area contributed by atoms with Crippen molar-refractivity contribution in [2.45, 2.75) is 123 Å². The van der Waals surface area contributed by atoms with Crippen molar-refractivity contribution in [3.05, 3.63) is 71.8 Å². The first kappa shape index (κ1) is 42.9. The van der Waals surface area contributed by atoms with Crippen molar-refractivity contribution in [3.8, 4) is 0 Å². The minimum atomic E-state index is -4.12. The van der Waals surface area contributed by atoms with Gasteiger partial charge in [-0.05, 0) is 41.2 Å². The highest BCUT2D eigenvalue weighted by atomic mass is 19.3. The molecule has 0 bridgehead atoms. The molecule has 13 heteroatoms. The first-order chi connectivity index (χ1) is 25.1. The Kier molecular flexibility index (Phi) is 16.7. The topological polar surface area (TPSA) is 152 Å². The number of ketones is 1. The molecule has 11 nitrogen and oxygen atoms in total. The maximum atomic E-state index is 16.5. The number of benzene rings is 2. The lowest BCUT2D eigenvalue weighted by Gasteiger charge is -2.35. The largest absolute Gasteiger partial charge is 0.445 e. The predicted octanol–water partition coefficient (Wildman–Crippen LogP) is 6.69. The summed E-state index contributed by atoms with van der Waals surface area (Å²) in [7, 11) is 0. The van der Waals surface area contributed by atoms with Crippen LogP contribution in [0.3, 0.4) is 0 Å². The number of hydrogen-bond acceptors (Lipinski definition) is 7. The summed E-state index contributed by atoms with van der Waals surface area (Å²) in [4.78, 5) is 66.5. The highest BCUT2D eigenvalue weighted by Crippen LogP contribution is 2.32. The quantitative estimate of drug-likeness (QED) is 0.133. The number of Topliss-reactive ketones (excluding diaryl/α,β-unsaturated/α-hetero) is 1. The molecule has 4 amide bonds. The van der Waals surface area contributed by atoms with Gasteiger partial charge in [-0.1, -0.05) is 134 Å². The lowest BCUT2D eigenvalue weighted by atomic mass is 9.81. The van der Waals surface area contributed by atoms with Crippen LogP contribution in [0.25, 0.3) is 0 Å². The lowest BCUT2D eigenvalue weighted by Crippen LogP contribution is -2.63. The molecule has 292 valence electrons. The van der Waals surface area contributed by atoms with E-state index in [1.54, 1.807) is 76.2 Å². The zero-order valence-electron chi connectivity index (χ0n) is 31.7.